The van der Waals surface area contributed by atoms with Crippen LogP contribution in [0.3, 0.4) is 0 Å². The summed E-state index contributed by atoms with van der Waals surface area (Å²) < 4.78 is 9.82. The van der Waals surface area contributed by atoms with Gasteiger partial charge in [-0.3, -0.25) is 4.98 Å². The Hall–Kier alpha value is -2.57. The number of nitrogens with one attached hydrogen (secondary N) is 1. The molecule has 0 saturated carbocycles. The quantitative estimate of drug-likeness (QED) is 0.315. The smallest absolute Gasteiger partial charge is 0.347 e. The molecule has 27 heavy (non-hydrogen) atoms. The highest BCUT2D eigenvalue weighted by molar-refractivity contribution is 6.35. The van der Waals surface area contributed by atoms with Crippen molar-refractivity contribution in [1.82, 2.24) is 4.98 Å². The Balaban J connectivity index is 2.39. The van der Waals surface area contributed by atoms with Crippen molar-refractivity contribution in [3.05, 3.63) is 58.3 Å². The van der Waals surface area contributed by atoms with E-state index in [9.17, 15) is 9.59 Å². The molecule has 0 unspecified atom stereocenters. The number of hydrogen-bond donors (Lipinski definition) is 1. The van der Waals surface area contributed by atoms with Crippen molar-refractivity contribution in [2.24, 2.45) is 0 Å². The second-order valence-corrected chi connectivity index (χ2v) is 6.07. The molecule has 1 aromatic heterocycles. The number of carbonyl (C=O) groups is 2. The number of rotatable bonds is 7. The Morgan fingerprint density at radius 2 is 1.67 bits per heavy atom. The number of halogens is 2. The molecule has 0 atom stereocenters. The molecule has 0 aliphatic rings. The van der Waals surface area contributed by atoms with E-state index in [-0.39, 0.29) is 18.8 Å². The van der Waals surface area contributed by atoms with Crippen molar-refractivity contribution in [2.75, 3.05) is 18.5 Å². The molecule has 0 aliphatic carbocycles. The van der Waals surface area contributed by atoms with Gasteiger partial charge in [-0.25, -0.2) is 9.59 Å². The molecule has 0 saturated heterocycles. The fourth-order valence-electron chi connectivity index (χ4n) is 2.21. The largest absolute Gasteiger partial charge is 0.462 e. The minimum atomic E-state index is -0.778. The molecule has 1 aromatic carbocycles. The van der Waals surface area contributed by atoms with Crippen molar-refractivity contribution >= 4 is 40.8 Å². The van der Waals surface area contributed by atoms with Crippen LogP contribution in [-0.2, 0) is 19.1 Å². The van der Waals surface area contributed by atoms with E-state index >= 15 is 0 Å². The number of hydrogen-bond acceptors (Lipinski definition) is 6. The van der Waals surface area contributed by atoms with Gasteiger partial charge in [0.05, 0.1) is 24.6 Å². The first kappa shape index (κ1) is 20.7. The molecule has 0 amide bonds. The summed E-state index contributed by atoms with van der Waals surface area (Å²) in [5, 5.41) is 3.84. The molecule has 0 bridgehead atoms. The van der Waals surface area contributed by atoms with E-state index in [4.69, 9.17) is 32.7 Å². The van der Waals surface area contributed by atoms with E-state index in [1.807, 2.05) is 0 Å². The van der Waals surface area contributed by atoms with Crippen molar-refractivity contribution in [3.8, 4) is 11.3 Å². The number of anilines is 1. The monoisotopic (exact) mass is 408 g/mol. The molecule has 8 heteroatoms. The van der Waals surface area contributed by atoms with Crippen LogP contribution in [0.2, 0.25) is 10.0 Å². The maximum atomic E-state index is 12.0. The number of pyridine rings is 1. The molecule has 2 rings (SSSR count). The van der Waals surface area contributed by atoms with E-state index < -0.39 is 11.9 Å². The van der Waals surface area contributed by atoms with Gasteiger partial charge < -0.3 is 14.8 Å². The van der Waals surface area contributed by atoms with Crippen LogP contribution < -0.4 is 5.32 Å². The maximum absolute atomic E-state index is 12.0. The van der Waals surface area contributed by atoms with E-state index in [1.165, 1.54) is 6.20 Å². The molecule has 142 valence electrons. The maximum Gasteiger partial charge on any atom is 0.347 e. The molecule has 2 aromatic rings. The lowest BCUT2D eigenvalue weighted by atomic mass is 10.1. The number of nitrogens with zero attached hydrogens (tertiary/aromatic N) is 1. The normalized spacial score (nSPS) is 10.1. The van der Waals surface area contributed by atoms with Crippen LogP contribution >= 0.6 is 23.2 Å². The van der Waals surface area contributed by atoms with E-state index in [0.717, 1.165) is 0 Å². The molecule has 0 spiro atoms. The number of aromatic nitrogens is 1. The van der Waals surface area contributed by atoms with Crippen LogP contribution in [0.5, 0.6) is 0 Å². The highest BCUT2D eigenvalue weighted by Gasteiger charge is 2.21. The van der Waals surface area contributed by atoms with Gasteiger partial charge in [0, 0.05) is 28.0 Å². The van der Waals surface area contributed by atoms with Gasteiger partial charge in [0.15, 0.2) is 5.57 Å². The van der Waals surface area contributed by atoms with Crippen LogP contribution in [-0.4, -0.2) is 30.1 Å². The average Bonchev–Trinajstić information content (AvgIpc) is 2.62. The van der Waals surface area contributed by atoms with Crippen LogP contribution in [0.15, 0.2) is 48.3 Å². The first-order chi connectivity index (χ1) is 13.0. The Morgan fingerprint density at radius 3 is 2.22 bits per heavy atom. The fourth-order valence-corrected chi connectivity index (χ4v) is 2.74. The van der Waals surface area contributed by atoms with Crippen molar-refractivity contribution < 1.29 is 19.1 Å². The zero-order valence-corrected chi connectivity index (χ0v) is 16.3. The minimum Gasteiger partial charge on any atom is -0.462 e. The van der Waals surface area contributed by atoms with Crippen molar-refractivity contribution in [3.63, 3.8) is 0 Å². The molecule has 0 aliphatic heterocycles. The third-order valence-electron chi connectivity index (χ3n) is 3.31. The van der Waals surface area contributed by atoms with Crippen molar-refractivity contribution in [1.29, 1.82) is 0 Å². The lowest BCUT2D eigenvalue weighted by molar-refractivity contribution is -0.146. The Bertz CT molecular complexity index is 828. The second-order valence-electron chi connectivity index (χ2n) is 5.20. The van der Waals surface area contributed by atoms with E-state index in [2.05, 4.69) is 10.3 Å². The number of carbonyl (C=O) groups excluding carboxylic acids is 2. The third-order valence-corrected chi connectivity index (χ3v) is 3.74. The molecular formula is C19H18Cl2N2O4. The van der Waals surface area contributed by atoms with Gasteiger partial charge in [-0.2, -0.15) is 0 Å². The molecule has 0 radical (unpaired) electrons. The second kappa shape index (κ2) is 9.94. The predicted octanol–water partition coefficient (Wildman–Crippen LogP) is 4.48. The molecule has 6 nitrogen and oxygen atoms in total. The first-order valence-electron chi connectivity index (χ1n) is 8.18. The van der Waals surface area contributed by atoms with Gasteiger partial charge in [0.25, 0.3) is 0 Å². The zero-order valence-electron chi connectivity index (χ0n) is 14.8. The molecular weight excluding hydrogens is 391 g/mol. The summed E-state index contributed by atoms with van der Waals surface area (Å²) in [5.74, 6) is -1.56. The zero-order chi connectivity index (χ0) is 19.8. The number of benzene rings is 1. The standard InChI is InChI=1S/C19H18Cl2N2O4/c1-3-26-18(24)15(19(25)27-4-2)11-23-16-6-5-7-22-17(16)12-8-13(20)10-14(21)9-12/h5-11,23H,3-4H2,1-2H3. The van der Waals surface area contributed by atoms with Gasteiger partial charge >= 0.3 is 11.9 Å². The molecule has 1 N–H and O–H groups in total. The topological polar surface area (TPSA) is 77.5 Å². The van der Waals surface area contributed by atoms with E-state index in [0.29, 0.717) is 27.0 Å². The van der Waals surface area contributed by atoms with Crippen molar-refractivity contribution in [2.45, 2.75) is 13.8 Å². The molecule has 1 heterocycles. The SMILES string of the molecule is CCOC(=O)C(=CNc1cccnc1-c1cc(Cl)cc(Cl)c1)C(=O)OCC. The third kappa shape index (κ3) is 5.70. The summed E-state index contributed by atoms with van der Waals surface area (Å²) in [6.07, 6.45) is 2.85. The summed E-state index contributed by atoms with van der Waals surface area (Å²) in [6.45, 7) is 3.57. The van der Waals surface area contributed by atoms with Crippen LogP contribution in [0, 0.1) is 0 Å². The van der Waals surface area contributed by atoms with Gasteiger partial charge in [-0.1, -0.05) is 23.2 Å². The highest BCUT2D eigenvalue weighted by Crippen LogP contribution is 2.30. The number of esters is 2. The summed E-state index contributed by atoms with van der Waals surface area (Å²) >= 11 is 12.1. The number of ether oxygens (including phenoxy) is 2. The highest BCUT2D eigenvalue weighted by atomic mass is 35.5. The Morgan fingerprint density at radius 1 is 1.07 bits per heavy atom. The Labute approximate surface area is 167 Å². The van der Waals surface area contributed by atoms with E-state index in [1.54, 1.807) is 50.4 Å². The summed E-state index contributed by atoms with van der Waals surface area (Å²) in [7, 11) is 0. The summed E-state index contributed by atoms with van der Waals surface area (Å²) in [6, 6.07) is 8.48. The lowest BCUT2D eigenvalue weighted by Crippen LogP contribution is -2.19. The first-order valence-corrected chi connectivity index (χ1v) is 8.94. The average molecular weight is 409 g/mol. The minimum absolute atomic E-state index is 0.134. The molecule has 0 fully saturated rings. The van der Waals surface area contributed by atoms with Crippen LogP contribution in [0.1, 0.15) is 13.8 Å². The predicted molar refractivity (Wildman–Crippen MR) is 105 cm³/mol. The Kier molecular flexibility index (Phi) is 7.64. The fraction of sp³-hybridized carbons (Fsp3) is 0.211. The summed E-state index contributed by atoms with van der Waals surface area (Å²) in [5.41, 5.74) is 1.52. The van der Waals surface area contributed by atoms with Crippen LogP contribution in [0.4, 0.5) is 5.69 Å². The van der Waals surface area contributed by atoms with Gasteiger partial charge in [-0.05, 0) is 44.2 Å². The van der Waals surface area contributed by atoms with Gasteiger partial charge in [0.1, 0.15) is 0 Å². The lowest BCUT2D eigenvalue weighted by Gasteiger charge is -2.11. The van der Waals surface area contributed by atoms with Gasteiger partial charge in [-0.15, -0.1) is 0 Å². The van der Waals surface area contributed by atoms with Crippen LogP contribution in [0.25, 0.3) is 11.3 Å². The summed E-state index contributed by atoms with van der Waals surface area (Å²) in [4.78, 5) is 28.4. The van der Waals surface area contributed by atoms with Gasteiger partial charge in [0.2, 0.25) is 0 Å².